The van der Waals surface area contributed by atoms with Crippen LogP contribution >= 0.6 is 0 Å². The van der Waals surface area contributed by atoms with Crippen molar-refractivity contribution in [3.63, 3.8) is 0 Å². The van der Waals surface area contributed by atoms with Crippen molar-refractivity contribution in [2.24, 2.45) is 10.9 Å². The van der Waals surface area contributed by atoms with Gasteiger partial charge in [-0.1, -0.05) is 44.2 Å². The molecule has 0 saturated carbocycles. The molecule has 0 atom stereocenters. The predicted octanol–water partition coefficient (Wildman–Crippen LogP) is 3.03. The molecule has 5 heteroatoms. The average molecular weight is 327 g/mol. The summed E-state index contributed by atoms with van der Waals surface area (Å²) in [7, 11) is 1.80. The highest BCUT2D eigenvalue weighted by molar-refractivity contribution is 5.79. The van der Waals surface area contributed by atoms with Gasteiger partial charge in [-0.2, -0.15) is 0 Å². The largest absolute Gasteiger partial charge is 0.356 e. The molecule has 1 aromatic heterocycles. The Morgan fingerprint density at radius 3 is 2.71 bits per heavy atom. The van der Waals surface area contributed by atoms with Gasteiger partial charge in [-0.25, -0.2) is 4.98 Å². The second-order valence-corrected chi connectivity index (χ2v) is 6.35. The van der Waals surface area contributed by atoms with E-state index in [9.17, 15) is 0 Å². The molecule has 0 amide bonds. The number of aromatic nitrogens is 2. The smallest absolute Gasteiger partial charge is 0.191 e. The first kappa shape index (κ1) is 18.0. The van der Waals surface area contributed by atoms with Gasteiger partial charge in [0.15, 0.2) is 5.96 Å². The summed E-state index contributed by atoms with van der Waals surface area (Å²) >= 11 is 0. The molecule has 0 saturated heterocycles. The Bertz CT molecular complexity index is 616. The minimum absolute atomic E-state index is 0.656. The number of hydrogen-bond acceptors (Lipinski definition) is 2. The first-order chi connectivity index (χ1) is 11.7. The third-order valence-electron chi connectivity index (χ3n) is 3.89. The van der Waals surface area contributed by atoms with Crippen LogP contribution in [0.4, 0.5) is 0 Å². The van der Waals surface area contributed by atoms with Crippen LogP contribution in [-0.2, 0) is 13.1 Å². The van der Waals surface area contributed by atoms with Crippen LogP contribution in [0.15, 0.2) is 47.7 Å². The maximum Gasteiger partial charge on any atom is 0.191 e. The fraction of sp³-hybridized carbons (Fsp3) is 0.474. The van der Waals surface area contributed by atoms with Crippen LogP contribution < -0.4 is 10.6 Å². The molecule has 2 N–H and O–H groups in total. The Morgan fingerprint density at radius 1 is 1.21 bits per heavy atom. The predicted molar refractivity (Wildman–Crippen MR) is 100 cm³/mol. The number of rotatable bonds is 8. The van der Waals surface area contributed by atoms with Gasteiger partial charge in [0.25, 0.3) is 0 Å². The molecule has 0 aliphatic carbocycles. The fourth-order valence-corrected chi connectivity index (χ4v) is 2.53. The summed E-state index contributed by atoms with van der Waals surface area (Å²) < 4.78 is 2.16. The van der Waals surface area contributed by atoms with Crippen molar-refractivity contribution in [1.29, 1.82) is 0 Å². The van der Waals surface area contributed by atoms with Crippen molar-refractivity contribution < 1.29 is 0 Å². The number of imidazole rings is 1. The Hall–Kier alpha value is -2.30. The van der Waals surface area contributed by atoms with Gasteiger partial charge in [-0.15, -0.1) is 0 Å². The Balaban J connectivity index is 1.82. The summed E-state index contributed by atoms with van der Waals surface area (Å²) in [5.74, 6) is 2.57. The number of nitrogens with one attached hydrogen (secondary N) is 2. The van der Waals surface area contributed by atoms with Crippen molar-refractivity contribution >= 4 is 5.96 Å². The minimum atomic E-state index is 0.656. The van der Waals surface area contributed by atoms with Crippen molar-refractivity contribution in [2.75, 3.05) is 13.6 Å². The van der Waals surface area contributed by atoms with E-state index in [1.54, 1.807) is 7.05 Å². The second-order valence-electron chi connectivity index (χ2n) is 6.35. The lowest BCUT2D eigenvalue weighted by Gasteiger charge is -2.13. The highest BCUT2D eigenvalue weighted by Gasteiger charge is 2.05. The van der Waals surface area contributed by atoms with Crippen LogP contribution in [0, 0.1) is 5.92 Å². The molecule has 0 aliphatic heterocycles. The second kappa shape index (κ2) is 9.75. The van der Waals surface area contributed by atoms with E-state index in [0.29, 0.717) is 6.54 Å². The van der Waals surface area contributed by atoms with E-state index in [0.717, 1.165) is 37.2 Å². The topological polar surface area (TPSA) is 54.2 Å². The van der Waals surface area contributed by atoms with Gasteiger partial charge >= 0.3 is 0 Å². The minimum Gasteiger partial charge on any atom is -0.356 e. The summed E-state index contributed by atoms with van der Waals surface area (Å²) in [5, 5.41) is 6.70. The number of guanidine groups is 1. The zero-order valence-electron chi connectivity index (χ0n) is 15.0. The molecule has 5 nitrogen and oxygen atoms in total. The number of benzene rings is 1. The fourth-order valence-electron chi connectivity index (χ4n) is 2.53. The summed E-state index contributed by atoms with van der Waals surface area (Å²) in [4.78, 5) is 8.73. The summed E-state index contributed by atoms with van der Waals surface area (Å²) in [6.45, 7) is 6.93. The molecule has 0 bridgehead atoms. The van der Waals surface area contributed by atoms with Gasteiger partial charge in [-0.3, -0.25) is 4.99 Å². The molecule has 0 fully saturated rings. The van der Waals surface area contributed by atoms with E-state index >= 15 is 0 Å². The molecule has 1 aromatic carbocycles. The Kier molecular flexibility index (Phi) is 7.33. The highest BCUT2D eigenvalue weighted by Crippen LogP contribution is 2.05. The monoisotopic (exact) mass is 327 g/mol. The summed E-state index contributed by atoms with van der Waals surface area (Å²) in [6.07, 6.45) is 6.24. The molecule has 0 unspecified atom stereocenters. The molecular weight excluding hydrogens is 298 g/mol. The lowest BCUT2D eigenvalue weighted by atomic mass is 10.1. The van der Waals surface area contributed by atoms with Crippen LogP contribution in [0.2, 0.25) is 0 Å². The van der Waals surface area contributed by atoms with E-state index in [1.807, 2.05) is 18.5 Å². The normalized spacial score (nSPS) is 11.8. The molecule has 1 heterocycles. The third kappa shape index (κ3) is 6.07. The van der Waals surface area contributed by atoms with Crippen molar-refractivity contribution in [1.82, 2.24) is 20.2 Å². The number of hydrogen-bond donors (Lipinski definition) is 2. The Labute approximate surface area is 145 Å². The first-order valence-electron chi connectivity index (χ1n) is 8.67. The molecular formula is C19H29N5. The summed E-state index contributed by atoms with van der Waals surface area (Å²) in [5.41, 5.74) is 1.27. The molecule has 24 heavy (non-hydrogen) atoms. The first-order valence-corrected chi connectivity index (χ1v) is 8.67. The summed E-state index contributed by atoms with van der Waals surface area (Å²) in [6, 6.07) is 10.4. The zero-order chi connectivity index (χ0) is 17.2. The lowest BCUT2D eigenvalue weighted by molar-refractivity contribution is 0.549. The molecule has 0 spiro atoms. The zero-order valence-corrected chi connectivity index (χ0v) is 15.0. The van der Waals surface area contributed by atoms with E-state index in [2.05, 4.69) is 63.3 Å². The van der Waals surface area contributed by atoms with E-state index in [4.69, 9.17) is 0 Å². The maximum absolute atomic E-state index is 4.46. The van der Waals surface area contributed by atoms with Crippen LogP contribution in [0.5, 0.6) is 0 Å². The average Bonchev–Trinajstić information content (AvgIpc) is 3.02. The van der Waals surface area contributed by atoms with E-state index in [-0.39, 0.29) is 0 Å². The highest BCUT2D eigenvalue weighted by atomic mass is 15.2. The molecule has 2 rings (SSSR count). The van der Waals surface area contributed by atoms with E-state index < -0.39 is 0 Å². The lowest BCUT2D eigenvalue weighted by Crippen LogP contribution is -2.38. The van der Waals surface area contributed by atoms with E-state index in [1.165, 1.54) is 12.0 Å². The van der Waals surface area contributed by atoms with Crippen LogP contribution in [0.25, 0.3) is 0 Å². The molecule has 0 aliphatic rings. The third-order valence-corrected chi connectivity index (χ3v) is 3.89. The molecule has 0 radical (unpaired) electrons. The number of nitrogens with zero attached hydrogens (tertiary/aromatic N) is 3. The van der Waals surface area contributed by atoms with Gasteiger partial charge in [0, 0.05) is 32.5 Å². The van der Waals surface area contributed by atoms with Crippen LogP contribution in [-0.4, -0.2) is 29.1 Å². The maximum atomic E-state index is 4.46. The SMILES string of the molecule is CN=C(NCCCC(C)C)NCc1nccn1Cc1ccccc1. The van der Waals surface area contributed by atoms with Crippen molar-refractivity contribution in [3.05, 3.63) is 54.1 Å². The Morgan fingerprint density at radius 2 is 2.00 bits per heavy atom. The molecule has 130 valence electrons. The molecule has 2 aromatic rings. The van der Waals surface area contributed by atoms with Gasteiger partial charge in [0.1, 0.15) is 5.82 Å². The van der Waals surface area contributed by atoms with Crippen LogP contribution in [0.3, 0.4) is 0 Å². The van der Waals surface area contributed by atoms with Gasteiger partial charge in [0.05, 0.1) is 6.54 Å². The standard InChI is InChI=1S/C19H29N5/c1-16(2)8-7-11-22-19(20-3)23-14-18-21-12-13-24(18)15-17-9-5-4-6-10-17/h4-6,9-10,12-13,16H,7-8,11,14-15H2,1-3H3,(H2,20,22,23). The quantitative estimate of drug-likeness (QED) is 0.445. The van der Waals surface area contributed by atoms with Crippen molar-refractivity contribution in [2.45, 2.75) is 39.8 Å². The number of aliphatic imine (C=N–C) groups is 1. The van der Waals surface area contributed by atoms with Gasteiger partial charge in [0.2, 0.25) is 0 Å². The van der Waals surface area contributed by atoms with Gasteiger partial charge in [-0.05, 0) is 24.3 Å². The van der Waals surface area contributed by atoms with Gasteiger partial charge < -0.3 is 15.2 Å². The van der Waals surface area contributed by atoms with Crippen LogP contribution in [0.1, 0.15) is 38.1 Å². The van der Waals surface area contributed by atoms with Crippen molar-refractivity contribution in [3.8, 4) is 0 Å².